The van der Waals surface area contributed by atoms with Gasteiger partial charge >= 0.3 is 0 Å². The van der Waals surface area contributed by atoms with Gasteiger partial charge in [0.25, 0.3) is 5.69 Å². The lowest BCUT2D eigenvalue weighted by Gasteiger charge is -2.37. The van der Waals surface area contributed by atoms with Gasteiger partial charge in [-0.3, -0.25) is 19.7 Å². The highest BCUT2D eigenvalue weighted by Crippen LogP contribution is 2.20. The summed E-state index contributed by atoms with van der Waals surface area (Å²) >= 11 is 0. The molecule has 1 saturated heterocycles. The van der Waals surface area contributed by atoms with Gasteiger partial charge in [0.15, 0.2) is 0 Å². The van der Waals surface area contributed by atoms with E-state index in [2.05, 4.69) is 10.2 Å². The second-order valence-electron chi connectivity index (χ2n) is 7.69. The Morgan fingerprint density at radius 1 is 1.06 bits per heavy atom. The maximum absolute atomic E-state index is 12.2. The van der Waals surface area contributed by atoms with Crippen molar-refractivity contribution in [1.29, 1.82) is 0 Å². The minimum atomic E-state index is -0.471. The number of nitro benzene ring substituents is 1. The van der Waals surface area contributed by atoms with Crippen LogP contribution in [0.1, 0.15) is 19.4 Å². The van der Waals surface area contributed by atoms with Crippen molar-refractivity contribution in [2.45, 2.75) is 13.8 Å². The second kappa shape index (κ2) is 9.88. The standard InChI is InChI=1S/C23H26N4O4/c1-17(2)23(29)26-14-12-25(13-15-26)20-9-7-19(8-10-20)24-22(28)11-6-18-4-3-5-21(16-18)27(30)31/h3-11,16-17H,12-15H2,1-2H3,(H,24,28)/b11-6+. The molecule has 8 heteroatoms. The van der Waals surface area contributed by atoms with E-state index < -0.39 is 4.92 Å². The number of amides is 2. The Morgan fingerprint density at radius 3 is 2.35 bits per heavy atom. The normalized spacial score (nSPS) is 14.2. The van der Waals surface area contributed by atoms with E-state index in [4.69, 9.17) is 0 Å². The highest BCUT2D eigenvalue weighted by Gasteiger charge is 2.22. The molecule has 31 heavy (non-hydrogen) atoms. The van der Waals surface area contributed by atoms with Crippen LogP contribution < -0.4 is 10.2 Å². The third-order valence-electron chi connectivity index (χ3n) is 5.09. The van der Waals surface area contributed by atoms with Crippen LogP contribution >= 0.6 is 0 Å². The number of carbonyl (C=O) groups is 2. The summed E-state index contributed by atoms with van der Waals surface area (Å²) in [5.41, 5.74) is 2.26. The van der Waals surface area contributed by atoms with Crippen LogP contribution in [0.15, 0.2) is 54.6 Å². The van der Waals surface area contributed by atoms with E-state index in [1.807, 2.05) is 43.0 Å². The van der Waals surface area contributed by atoms with E-state index in [1.54, 1.807) is 12.1 Å². The first-order valence-corrected chi connectivity index (χ1v) is 10.2. The molecule has 1 fully saturated rings. The van der Waals surface area contributed by atoms with E-state index in [1.165, 1.54) is 24.3 Å². The van der Waals surface area contributed by atoms with Crippen LogP contribution in [0.3, 0.4) is 0 Å². The van der Waals surface area contributed by atoms with Crippen LogP contribution in [0.4, 0.5) is 17.1 Å². The Morgan fingerprint density at radius 2 is 1.74 bits per heavy atom. The van der Waals surface area contributed by atoms with Crippen molar-refractivity contribution in [3.63, 3.8) is 0 Å². The first-order chi connectivity index (χ1) is 14.8. The molecular weight excluding hydrogens is 396 g/mol. The van der Waals surface area contributed by atoms with Crippen molar-refractivity contribution in [2.75, 3.05) is 36.4 Å². The lowest BCUT2D eigenvalue weighted by molar-refractivity contribution is -0.384. The van der Waals surface area contributed by atoms with Crippen molar-refractivity contribution in [3.05, 3.63) is 70.3 Å². The highest BCUT2D eigenvalue weighted by molar-refractivity contribution is 6.02. The first-order valence-electron chi connectivity index (χ1n) is 10.2. The summed E-state index contributed by atoms with van der Waals surface area (Å²) in [6, 6.07) is 13.6. The minimum absolute atomic E-state index is 0.0144. The molecule has 0 bridgehead atoms. The summed E-state index contributed by atoms with van der Waals surface area (Å²) in [7, 11) is 0. The van der Waals surface area contributed by atoms with Gasteiger partial charge in [0, 0.05) is 61.7 Å². The summed E-state index contributed by atoms with van der Waals surface area (Å²) < 4.78 is 0. The molecule has 1 heterocycles. The molecule has 0 saturated carbocycles. The van der Waals surface area contributed by atoms with Crippen molar-refractivity contribution in [1.82, 2.24) is 4.90 Å². The van der Waals surface area contributed by atoms with Gasteiger partial charge in [-0.25, -0.2) is 0 Å². The third-order valence-corrected chi connectivity index (χ3v) is 5.09. The number of rotatable bonds is 6. The molecule has 0 aliphatic carbocycles. The summed E-state index contributed by atoms with van der Waals surface area (Å²) in [4.78, 5) is 38.8. The van der Waals surface area contributed by atoms with Gasteiger partial charge in [-0.15, -0.1) is 0 Å². The fraction of sp³-hybridized carbons (Fsp3) is 0.304. The molecule has 3 rings (SSSR count). The van der Waals surface area contributed by atoms with E-state index in [0.29, 0.717) is 24.3 Å². The molecule has 0 radical (unpaired) electrons. The van der Waals surface area contributed by atoms with Crippen LogP contribution in [0.2, 0.25) is 0 Å². The Labute approximate surface area is 181 Å². The zero-order valence-electron chi connectivity index (χ0n) is 17.7. The second-order valence-corrected chi connectivity index (χ2v) is 7.69. The van der Waals surface area contributed by atoms with Crippen molar-refractivity contribution < 1.29 is 14.5 Å². The largest absolute Gasteiger partial charge is 0.368 e. The minimum Gasteiger partial charge on any atom is -0.368 e. The number of carbonyl (C=O) groups excluding carboxylic acids is 2. The Bertz CT molecular complexity index is 977. The number of non-ortho nitro benzene ring substituents is 1. The quantitative estimate of drug-likeness (QED) is 0.436. The number of benzene rings is 2. The van der Waals surface area contributed by atoms with Gasteiger partial charge in [-0.05, 0) is 35.9 Å². The monoisotopic (exact) mass is 422 g/mol. The summed E-state index contributed by atoms with van der Waals surface area (Å²) in [6.45, 7) is 6.79. The number of hydrogen-bond donors (Lipinski definition) is 1. The Hall–Kier alpha value is -3.68. The smallest absolute Gasteiger partial charge is 0.270 e. The summed E-state index contributed by atoms with van der Waals surface area (Å²) in [5, 5.41) is 13.6. The molecular formula is C23H26N4O4. The molecule has 2 aromatic carbocycles. The third kappa shape index (κ3) is 5.91. The van der Waals surface area contributed by atoms with Gasteiger partial charge in [0.1, 0.15) is 0 Å². The average molecular weight is 422 g/mol. The Balaban J connectivity index is 1.54. The zero-order valence-corrected chi connectivity index (χ0v) is 17.7. The van der Waals surface area contributed by atoms with E-state index in [9.17, 15) is 19.7 Å². The van der Waals surface area contributed by atoms with Gasteiger partial charge in [0.05, 0.1) is 4.92 Å². The van der Waals surface area contributed by atoms with E-state index in [0.717, 1.165) is 18.8 Å². The molecule has 1 aliphatic rings. The van der Waals surface area contributed by atoms with Crippen LogP contribution in [-0.2, 0) is 9.59 Å². The van der Waals surface area contributed by atoms with Crippen LogP contribution in [-0.4, -0.2) is 47.8 Å². The molecule has 0 aromatic heterocycles. The summed E-state index contributed by atoms with van der Waals surface area (Å²) in [6.07, 6.45) is 2.88. The van der Waals surface area contributed by atoms with Crippen molar-refractivity contribution in [3.8, 4) is 0 Å². The lowest BCUT2D eigenvalue weighted by Crippen LogP contribution is -2.49. The maximum atomic E-state index is 12.2. The van der Waals surface area contributed by atoms with E-state index >= 15 is 0 Å². The lowest BCUT2D eigenvalue weighted by atomic mass is 10.1. The summed E-state index contributed by atoms with van der Waals surface area (Å²) in [5.74, 6) is -0.114. The molecule has 2 aromatic rings. The molecule has 162 valence electrons. The van der Waals surface area contributed by atoms with Gasteiger partial charge in [0.2, 0.25) is 11.8 Å². The maximum Gasteiger partial charge on any atom is 0.270 e. The zero-order chi connectivity index (χ0) is 22.4. The number of anilines is 2. The highest BCUT2D eigenvalue weighted by atomic mass is 16.6. The van der Waals surface area contributed by atoms with Crippen LogP contribution in [0.25, 0.3) is 6.08 Å². The fourth-order valence-electron chi connectivity index (χ4n) is 3.40. The van der Waals surface area contributed by atoms with Crippen LogP contribution in [0, 0.1) is 16.0 Å². The van der Waals surface area contributed by atoms with Crippen molar-refractivity contribution in [2.24, 2.45) is 5.92 Å². The topological polar surface area (TPSA) is 95.8 Å². The molecule has 1 aliphatic heterocycles. The van der Waals surface area contributed by atoms with Gasteiger partial charge in [-0.1, -0.05) is 26.0 Å². The van der Waals surface area contributed by atoms with Crippen molar-refractivity contribution >= 4 is 35.0 Å². The number of nitro groups is 1. The molecule has 0 spiro atoms. The molecule has 1 N–H and O–H groups in total. The molecule has 0 unspecified atom stereocenters. The number of hydrogen-bond acceptors (Lipinski definition) is 5. The fourth-order valence-corrected chi connectivity index (χ4v) is 3.40. The van der Waals surface area contributed by atoms with Gasteiger partial charge in [-0.2, -0.15) is 0 Å². The predicted octanol–water partition coefficient (Wildman–Crippen LogP) is 3.55. The predicted molar refractivity (Wildman–Crippen MR) is 121 cm³/mol. The number of piperazine rings is 1. The molecule has 0 atom stereocenters. The molecule has 2 amide bonds. The average Bonchev–Trinajstić information content (AvgIpc) is 2.78. The van der Waals surface area contributed by atoms with Gasteiger partial charge < -0.3 is 15.1 Å². The van der Waals surface area contributed by atoms with Crippen LogP contribution in [0.5, 0.6) is 0 Å². The number of nitrogens with zero attached hydrogens (tertiary/aromatic N) is 3. The van der Waals surface area contributed by atoms with E-state index in [-0.39, 0.29) is 23.4 Å². The Kier molecular flexibility index (Phi) is 7.02. The first kappa shape index (κ1) is 22.0. The number of nitrogens with one attached hydrogen (secondary N) is 1. The molecule has 8 nitrogen and oxygen atoms in total. The SMILES string of the molecule is CC(C)C(=O)N1CCN(c2ccc(NC(=O)/C=C/c3cccc([N+](=O)[O-])c3)cc2)CC1.